The van der Waals surface area contributed by atoms with E-state index in [-0.39, 0.29) is 0 Å². The molecule has 10 aromatic rings. The standard InChI is InChI=1S/C46H30N2OS/c1-3-10-43-35(7-1)29-44(49-43)33-16-23-39(24-17-33)48(38-21-14-32(15-22-38)36-27-40-8-5-6-26-47(40)30-36)37-19-12-31(13-20-37)34-18-25-46-42(28-34)41-9-2-4-11-45(41)50-46/h1-30H. The van der Waals surface area contributed by atoms with Crippen LogP contribution in [-0.2, 0) is 0 Å². The maximum absolute atomic E-state index is 6.19. The van der Waals surface area contributed by atoms with Gasteiger partial charge in [0.05, 0.1) is 0 Å². The molecule has 0 N–H and O–H groups in total. The number of thiophene rings is 1. The molecule has 4 aromatic heterocycles. The van der Waals surface area contributed by atoms with Crippen molar-refractivity contribution < 1.29 is 4.42 Å². The van der Waals surface area contributed by atoms with E-state index in [4.69, 9.17) is 4.42 Å². The molecule has 0 radical (unpaired) electrons. The predicted octanol–water partition coefficient (Wildman–Crippen LogP) is 13.5. The van der Waals surface area contributed by atoms with Gasteiger partial charge in [0, 0.05) is 71.7 Å². The quantitative estimate of drug-likeness (QED) is 0.177. The van der Waals surface area contributed by atoms with Crippen LogP contribution >= 0.6 is 11.3 Å². The van der Waals surface area contributed by atoms with Crippen LogP contribution in [0.2, 0.25) is 0 Å². The number of rotatable bonds is 6. The fourth-order valence-electron chi connectivity index (χ4n) is 7.07. The van der Waals surface area contributed by atoms with Crippen molar-refractivity contribution in [1.82, 2.24) is 4.40 Å². The monoisotopic (exact) mass is 658 g/mol. The first kappa shape index (κ1) is 28.6. The Kier molecular flexibility index (Phi) is 6.68. The van der Waals surface area contributed by atoms with Gasteiger partial charge in [-0.1, -0.05) is 72.8 Å². The molecule has 0 spiro atoms. The van der Waals surface area contributed by atoms with Crippen LogP contribution in [0.5, 0.6) is 0 Å². The Morgan fingerprint density at radius 3 is 1.82 bits per heavy atom. The number of fused-ring (bicyclic) bond motifs is 5. The molecule has 0 amide bonds. The lowest BCUT2D eigenvalue weighted by molar-refractivity contribution is 0.631. The molecule has 10 rings (SSSR count). The zero-order valence-corrected chi connectivity index (χ0v) is 27.8. The second-order valence-electron chi connectivity index (χ2n) is 12.7. The zero-order chi connectivity index (χ0) is 33.0. The number of aromatic nitrogens is 1. The molecule has 0 saturated carbocycles. The largest absolute Gasteiger partial charge is 0.456 e. The van der Waals surface area contributed by atoms with Gasteiger partial charge in [0.15, 0.2) is 0 Å². The van der Waals surface area contributed by atoms with Gasteiger partial charge in [-0.3, -0.25) is 0 Å². The van der Waals surface area contributed by atoms with E-state index in [1.54, 1.807) is 0 Å². The summed E-state index contributed by atoms with van der Waals surface area (Å²) in [5.74, 6) is 0.869. The van der Waals surface area contributed by atoms with Crippen LogP contribution in [0.4, 0.5) is 17.1 Å². The summed E-state index contributed by atoms with van der Waals surface area (Å²) < 4.78 is 11.0. The summed E-state index contributed by atoms with van der Waals surface area (Å²) in [6, 6.07) is 60.7. The predicted molar refractivity (Wildman–Crippen MR) is 211 cm³/mol. The third-order valence-electron chi connectivity index (χ3n) is 9.63. The summed E-state index contributed by atoms with van der Waals surface area (Å²) in [5.41, 5.74) is 11.2. The highest BCUT2D eigenvalue weighted by Gasteiger charge is 2.15. The molecule has 0 aliphatic rings. The Labute approximate surface area is 293 Å². The SMILES string of the molecule is c1ccc2oc(-c3ccc(N(c4ccc(-c5ccc6sc7ccccc7c6c5)cc4)c4ccc(-c5cc6ccccn6c5)cc4)cc3)cc2c1. The first-order valence-electron chi connectivity index (χ1n) is 16.8. The first-order valence-corrected chi connectivity index (χ1v) is 17.6. The third-order valence-corrected chi connectivity index (χ3v) is 10.8. The van der Waals surface area contributed by atoms with Gasteiger partial charge >= 0.3 is 0 Å². The van der Waals surface area contributed by atoms with E-state index in [0.29, 0.717) is 0 Å². The van der Waals surface area contributed by atoms with Crippen LogP contribution in [-0.4, -0.2) is 4.40 Å². The minimum atomic E-state index is 0.869. The number of furan rings is 1. The molecule has 6 aromatic carbocycles. The Bertz CT molecular complexity index is 2620. The van der Waals surface area contributed by atoms with Crippen molar-refractivity contribution >= 4 is 65.1 Å². The number of nitrogens with zero attached hydrogens (tertiary/aromatic N) is 2. The molecule has 0 aliphatic heterocycles. The fourth-order valence-corrected chi connectivity index (χ4v) is 8.16. The molecule has 0 atom stereocenters. The highest BCUT2D eigenvalue weighted by atomic mass is 32.1. The van der Waals surface area contributed by atoms with Gasteiger partial charge in [0.1, 0.15) is 11.3 Å². The van der Waals surface area contributed by atoms with Crippen LogP contribution in [0.3, 0.4) is 0 Å². The van der Waals surface area contributed by atoms with Crippen molar-refractivity contribution in [2.45, 2.75) is 0 Å². The average Bonchev–Trinajstić information content (AvgIpc) is 3.91. The van der Waals surface area contributed by atoms with Crippen molar-refractivity contribution in [1.29, 1.82) is 0 Å². The van der Waals surface area contributed by atoms with Crippen LogP contribution in [0.15, 0.2) is 187 Å². The van der Waals surface area contributed by atoms with Gasteiger partial charge in [-0.15, -0.1) is 11.3 Å². The van der Waals surface area contributed by atoms with Gasteiger partial charge in [0.25, 0.3) is 0 Å². The summed E-state index contributed by atoms with van der Waals surface area (Å²) in [6.45, 7) is 0. The number of pyridine rings is 1. The minimum absolute atomic E-state index is 0.869. The van der Waals surface area contributed by atoms with Crippen molar-refractivity contribution in [3.05, 3.63) is 182 Å². The number of benzene rings is 6. The number of hydrogen-bond donors (Lipinski definition) is 0. The minimum Gasteiger partial charge on any atom is -0.456 e. The van der Waals surface area contributed by atoms with E-state index in [1.807, 2.05) is 29.5 Å². The fraction of sp³-hybridized carbons (Fsp3) is 0. The number of hydrogen-bond acceptors (Lipinski definition) is 3. The molecular formula is C46H30N2OS. The van der Waals surface area contributed by atoms with E-state index in [0.717, 1.165) is 39.4 Å². The topological polar surface area (TPSA) is 20.8 Å². The lowest BCUT2D eigenvalue weighted by Crippen LogP contribution is -2.09. The molecule has 236 valence electrons. The van der Waals surface area contributed by atoms with E-state index in [9.17, 15) is 0 Å². The van der Waals surface area contributed by atoms with Gasteiger partial charge in [-0.25, -0.2) is 0 Å². The maximum atomic E-state index is 6.19. The molecule has 0 unspecified atom stereocenters. The Morgan fingerprint density at radius 2 is 1.08 bits per heavy atom. The molecule has 50 heavy (non-hydrogen) atoms. The Hall–Kier alpha value is -6.36. The highest BCUT2D eigenvalue weighted by Crippen LogP contribution is 2.40. The maximum Gasteiger partial charge on any atom is 0.135 e. The van der Waals surface area contributed by atoms with E-state index in [2.05, 4.69) is 173 Å². The average molecular weight is 659 g/mol. The first-order chi connectivity index (χ1) is 24.7. The molecule has 0 fully saturated rings. The Balaban J connectivity index is 1.03. The molecule has 0 aliphatic carbocycles. The summed E-state index contributed by atoms with van der Waals surface area (Å²) >= 11 is 1.85. The lowest BCUT2D eigenvalue weighted by Gasteiger charge is -2.26. The highest BCUT2D eigenvalue weighted by molar-refractivity contribution is 7.25. The number of para-hydroxylation sites is 1. The van der Waals surface area contributed by atoms with Gasteiger partial charge < -0.3 is 13.7 Å². The molecular weight excluding hydrogens is 629 g/mol. The van der Waals surface area contributed by atoms with E-state index >= 15 is 0 Å². The third kappa shape index (κ3) is 4.97. The molecule has 0 saturated heterocycles. The smallest absolute Gasteiger partial charge is 0.135 e. The molecule has 4 heteroatoms. The summed E-state index contributed by atoms with van der Waals surface area (Å²) in [4.78, 5) is 2.32. The normalized spacial score (nSPS) is 11.6. The molecule has 4 heterocycles. The van der Waals surface area contributed by atoms with E-state index < -0.39 is 0 Å². The Morgan fingerprint density at radius 1 is 0.460 bits per heavy atom. The van der Waals surface area contributed by atoms with Crippen molar-refractivity contribution in [2.24, 2.45) is 0 Å². The second kappa shape index (κ2) is 11.7. The summed E-state index contributed by atoms with van der Waals surface area (Å²) in [5, 5.41) is 3.74. The van der Waals surface area contributed by atoms with Crippen molar-refractivity contribution in [3.8, 4) is 33.6 Å². The zero-order valence-electron chi connectivity index (χ0n) is 27.0. The van der Waals surface area contributed by atoms with E-state index in [1.165, 1.54) is 47.9 Å². The van der Waals surface area contributed by atoms with Crippen molar-refractivity contribution in [3.63, 3.8) is 0 Å². The van der Waals surface area contributed by atoms with Crippen LogP contribution in [0, 0.1) is 0 Å². The summed E-state index contributed by atoms with van der Waals surface area (Å²) in [6.07, 6.45) is 4.28. The van der Waals surface area contributed by atoms with Gasteiger partial charge in [0.2, 0.25) is 0 Å². The molecule has 0 bridgehead atoms. The van der Waals surface area contributed by atoms with Crippen molar-refractivity contribution in [2.75, 3.05) is 4.90 Å². The molecule has 3 nitrogen and oxygen atoms in total. The van der Waals surface area contributed by atoms with Gasteiger partial charge in [-0.2, -0.15) is 0 Å². The van der Waals surface area contributed by atoms with Crippen LogP contribution in [0.25, 0.3) is 70.2 Å². The second-order valence-corrected chi connectivity index (χ2v) is 13.8. The van der Waals surface area contributed by atoms with Gasteiger partial charge in [-0.05, 0) is 114 Å². The summed E-state index contributed by atoms with van der Waals surface area (Å²) in [7, 11) is 0. The number of anilines is 3. The van der Waals surface area contributed by atoms with Crippen LogP contribution in [0.1, 0.15) is 0 Å². The van der Waals surface area contributed by atoms with Crippen LogP contribution < -0.4 is 4.90 Å². The lowest BCUT2D eigenvalue weighted by atomic mass is 10.0.